The number of aromatic amines is 1. The first-order valence-electron chi connectivity index (χ1n) is 8.00. The molecule has 2 heterocycles. The van der Waals surface area contributed by atoms with Gasteiger partial charge in [0.2, 0.25) is 0 Å². The van der Waals surface area contributed by atoms with Gasteiger partial charge in [-0.15, -0.1) is 5.10 Å². The molecule has 1 aromatic carbocycles. The Balaban J connectivity index is 1.84. The lowest BCUT2D eigenvalue weighted by molar-refractivity contribution is 0.127. The Hall–Kier alpha value is -2.51. The van der Waals surface area contributed by atoms with Gasteiger partial charge in [-0.25, -0.2) is 4.68 Å². The zero-order chi connectivity index (χ0) is 16.7. The van der Waals surface area contributed by atoms with E-state index in [0.717, 1.165) is 5.56 Å². The van der Waals surface area contributed by atoms with E-state index in [1.54, 1.807) is 4.68 Å². The molecule has 0 aliphatic heterocycles. The van der Waals surface area contributed by atoms with Crippen molar-refractivity contribution in [3.8, 4) is 11.3 Å². The molecule has 24 heavy (non-hydrogen) atoms. The van der Waals surface area contributed by atoms with Gasteiger partial charge in [0.25, 0.3) is 5.56 Å². The zero-order valence-corrected chi connectivity index (χ0v) is 13.0. The first-order chi connectivity index (χ1) is 11.7. The summed E-state index contributed by atoms with van der Waals surface area (Å²) in [5.41, 5.74) is 2.13. The van der Waals surface area contributed by atoms with Crippen molar-refractivity contribution in [2.45, 2.75) is 25.0 Å². The molecule has 1 aliphatic carbocycles. The summed E-state index contributed by atoms with van der Waals surface area (Å²) in [5, 5.41) is 27.7. The number of fused-ring (bicyclic) bond motifs is 1. The number of rotatable bonds is 3. The van der Waals surface area contributed by atoms with E-state index in [1.165, 1.54) is 0 Å². The summed E-state index contributed by atoms with van der Waals surface area (Å²) >= 11 is 0. The lowest BCUT2D eigenvalue weighted by Gasteiger charge is -2.15. The fraction of sp³-hybridized carbons (Fsp3) is 0.353. The fourth-order valence-corrected chi connectivity index (χ4v) is 3.47. The number of H-pyrrole nitrogens is 1. The Bertz CT molecular complexity index is 918. The molecule has 2 aromatic heterocycles. The zero-order valence-electron chi connectivity index (χ0n) is 13.0. The summed E-state index contributed by atoms with van der Waals surface area (Å²) in [6, 6.07) is 11.1. The van der Waals surface area contributed by atoms with Gasteiger partial charge in [-0.3, -0.25) is 4.79 Å². The van der Waals surface area contributed by atoms with Gasteiger partial charge >= 0.3 is 0 Å². The van der Waals surface area contributed by atoms with E-state index in [1.807, 2.05) is 36.4 Å². The van der Waals surface area contributed by atoms with Gasteiger partial charge in [-0.05, 0) is 30.4 Å². The van der Waals surface area contributed by atoms with E-state index in [4.69, 9.17) is 0 Å². The Morgan fingerprint density at radius 3 is 2.75 bits per heavy atom. The highest BCUT2D eigenvalue weighted by molar-refractivity contribution is 5.78. The van der Waals surface area contributed by atoms with Crippen LogP contribution in [0, 0.1) is 5.92 Å². The van der Waals surface area contributed by atoms with Crippen molar-refractivity contribution < 1.29 is 10.2 Å². The Morgan fingerprint density at radius 2 is 2.04 bits per heavy atom. The summed E-state index contributed by atoms with van der Waals surface area (Å²) in [6.45, 7) is 0.0377. The molecule has 0 bridgehead atoms. The minimum atomic E-state index is -0.605. The van der Waals surface area contributed by atoms with Crippen LogP contribution in [0.4, 0.5) is 0 Å². The third kappa shape index (κ3) is 2.42. The predicted molar refractivity (Wildman–Crippen MR) is 88.4 cm³/mol. The smallest absolute Gasteiger partial charge is 0.278 e. The molecule has 7 nitrogen and oxygen atoms in total. The second-order valence-corrected chi connectivity index (χ2v) is 6.30. The second-order valence-electron chi connectivity index (χ2n) is 6.30. The van der Waals surface area contributed by atoms with E-state index < -0.39 is 6.10 Å². The van der Waals surface area contributed by atoms with E-state index in [9.17, 15) is 15.0 Å². The van der Waals surface area contributed by atoms with Crippen LogP contribution in [0.1, 0.15) is 18.9 Å². The molecular weight excluding hydrogens is 308 g/mol. The van der Waals surface area contributed by atoms with Crippen LogP contribution < -0.4 is 5.56 Å². The number of nitrogens with zero attached hydrogens (tertiary/aromatic N) is 3. The number of hydrogen-bond acceptors (Lipinski definition) is 5. The SMILES string of the molecule is O=c1[nH]c(-c2ccccc2)cc2c1nnn2[C@@H]1C[C@H](CO)C[C@H]1O. The third-order valence-electron chi connectivity index (χ3n) is 4.73. The van der Waals surface area contributed by atoms with E-state index in [0.29, 0.717) is 24.1 Å². The molecule has 3 N–H and O–H groups in total. The predicted octanol–water partition coefficient (Wildman–Crippen LogP) is 1.09. The maximum absolute atomic E-state index is 12.3. The average Bonchev–Trinajstić information content (AvgIpc) is 3.19. The minimum Gasteiger partial charge on any atom is -0.396 e. The van der Waals surface area contributed by atoms with Crippen LogP contribution in [0.5, 0.6) is 0 Å². The Kier molecular flexibility index (Phi) is 3.66. The molecular formula is C17H18N4O3. The van der Waals surface area contributed by atoms with E-state index in [2.05, 4.69) is 15.3 Å². The highest BCUT2D eigenvalue weighted by atomic mass is 16.3. The number of hydrogen-bond donors (Lipinski definition) is 3. The van der Waals surface area contributed by atoms with Crippen LogP contribution in [-0.4, -0.2) is 42.9 Å². The molecule has 124 valence electrons. The molecule has 0 spiro atoms. The van der Waals surface area contributed by atoms with Crippen molar-refractivity contribution in [1.29, 1.82) is 0 Å². The summed E-state index contributed by atoms with van der Waals surface area (Å²) < 4.78 is 1.62. The number of aliphatic hydroxyl groups is 2. The molecule has 3 aromatic rings. The topological polar surface area (TPSA) is 104 Å². The van der Waals surface area contributed by atoms with Gasteiger partial charge in [0.1, 0.15) is 0 Å². The highest BCUT2D eigenvalue weighted by Crippen LogP contribution is 2.35. The van der Waals surface area contributed by atoms with Crippen molar-refractivity contribution in [2.24, 2.45) is 5.92 Å². The van der Waals surface area contributed by atoms with Crippen molar-refractivity contribution >= 4 is 11.0 Å². The molecule has 7 heteroatoms. The normalized spacial score (nSPS) is 23.8. The summed E-state index contributed by atoms with van der Waals surface area (Å²) in [6.07, 6.45) is 0.535. The van der Waals surface area contributed by atoms with Gasteiger partial charge < -0.3 is 15.2 Å². The average molecular weight is 326 g/mol. The maximum atomic E-state index is 12.3. The van der Waals surface area contributed by atoms with Gasteiger partial charge in [0.05, 0.1) is 23.4 Å². The van der Waals surface area contributed by atoms with Crippen LogP contribution in [-0.2, 0) is 0 Å². The highest BCUT2D eigenvalue weighted by Gasteiger charge is 2.35. The van der Waals surface area contributed by atoms with Crippen molar-refractivity contribution in [1.82, 2.24) is 20.0 Å². The molecule has 0 radical (unpaired) electrons. The van der Waals surface area contributed by atoms with Crippen LogP contribution in [0.15, 0.2) is 41.2 Å². The van der Waals surface area contributed by atoms with Crippen LogP contribution in [0.3, 0.4) is 0 Å². The standard InChI is InChI=1S/C17H18N4O3/c22-9-10-6-13(15(23)7-10)21-14-8-12(11-4-2-1-3-5-11)18-17(24)16(14)19-20-21/h1-5,8,10,13,15,22-23H,6-7,9H2,(H,18,24)/t10-,13+,15+/m0/s1. The number of benzene rings is 1. The Labute approximate surface area is 137 Å². The first-order valence-corrected chi connectivity index (χ1v) is 8.00. The van der Waals surface area contributed by atoms with E-state index >= 15 is 0 Å². The number of pyridine rings is 1. The van der Waals surface area contributed by atoms with E-state index in [-0.39, 0.29) is 29.6 Å². The maximum Gasteiger partial charge on any atom is 0.278 e. The van der Waals surface area contributed by atoms with Crippen LogP contribution >= 0.6 is 0 Å². The number of aromatic nitrogens is 4. The molecule has 0 unspecified atom stereocenters. The van der Waals surface area contributed by atoms with Gasteiger partial charge in [-0.1, -0.05) is 35.5 Å². The molecule has 0 amide bonds. The monoisotopic (exact) mass is 326 g/mol. The van der Waals surface area contributed by atoms with Gasteiger partial charge in [0, 0.05) is 6.61 Å². The van der Waals surface area contributed by atoms with Gasteiger partial charge in [-0.2, -0.15) is 0 Å². The molecule has 1 aliphatic rings. The molecule has 1 fully saturated rings. The molecule has 1 saturated carbocycles. The molecule has 4 rings (SSSR count). The van der Waals surface area contributed by atoms with Gasteiger partial charge in [0.15, 0.2) is 5.52 Å². The number of nitrogens with one attached hydrogen (secondary N) is 1. The quantitative estimate of drug-likeness (QED) is 0.668. The third-order valence-corrected chi connectivity index (χ3v) is 4.73. The Morgan fingerprint density at radius 1 is 1.25 bits per heavy atom. The van der Waals surface area contributed by atoms with Crippen LogP contribution in [0.25, 0.3) is 22.3 Å². The lowest BCUT2D eigenvalue weighted by atomic mass is 10.1. The van der Waals surface area contributed by atoms with Crippen molar-refractivity contribution in [2.75, 3.05) is 6.61 Å². The lowest BCUT2D eigenvalue weighted by Crippen LogP contribution is -2.19. The first kappa shape index (κ1) is 15.0. The molecule has 3 atom stereocenters. The summed E-state index contributed by atoms with van der Waals surface area (Å²) in [7, 11) is 0. The fourth-order valence-electron chi connectivity index (χ4n) is 3.47. The van der Waals surface area contributed by atoms with Crippen molar-refractivity contribution in [3.05, 3.63) is 46.8 Å². The summed E-state index contributed by atoms with van der Waals surface area (Å²) in [4.78, 5) is 15.2. The number of aliphatic hydroxyl groups excluding tert-OH is 2. The molecule has 0 saturated heterocycles. The summed E-state index contributed by atoms with van der Waals surface area (Å²) in [5.74, 6) is 0.0415. The minimum absolute atomic E-state index is 0.0377. The largest absolute Gasteiger partial charge is 0.396 e. The van der Waals surface area contributed by atoms with Crippen molar-refractivity contribution in [3.63, 3.8) is 0 Å². The second kappa shape index (κ2) is 5.85. The van der Waals surface area contributed by atoms with Crippen LogP contribution in [0.2, 0.25) is 0 Å².